The van der Waals surface area contributed by atoms with E-state index in [9.17, 15) is 14.0 Å². The largest absolute Gasteiger partial charge is 0.324 e. The Kier molecular flexibility index (Phi) is 5.41. The molecular weight excluding hydrogens is 347 g/mol. The first-order valence-corrected chi connectivity index (χ1v) is 8.18. The van der Waals surface area contributed by atoms with Crippen molar-refractivity contribution >= 4 is 23.2 Å². The summed E-state index contributed by atoms with van der Waals surface area (Å²) in [6.07, 6.45) is 3.81. The van der Waals surface area contributed by atoms with Crippen LogP contribution in [0, 0.1) is 5.82 Å². The molecule has 0 aliphatic rings. The normalized spacial score (nSPS) is 11.1. The first kappa shape index (κ1) is 18.1. The molecule has 2 amide bonds. The van der Waals surface area contributed by atoms with E-state index in [4.69, 9.17) is 0 Å². The van der Waals surface area contributed by atoms with Crippen LogP contribution in [-0.4, -0.2) is 22.1 Å². The average molecular weight is 364 g/mol. The quantitative estimate of drug-likeness (QED) is 0.538. The topological polar surface area (TPSA) is 75.5 Å². The summed E-state index contributed by atoms with van der Waals surface area (Å²) in [5.74, 6) is -1.44. The summed E-state index contributed by atoms with van der Waals surface area (Å²) in [5, 5.41) is 6.30. The van der Waals surface area contributed by atoms with Crippen LogP contribution in [0.2, 0.25) is 0 Å². The lowest BCUT2D eigenvalue weighted by molar-refractivity contribution is -0.110. The van der Waals surface area contributed by atoms with Gasteiger partial charge in [0.05, 0.1) is 0 Å². The van der Waals surface area contributed by atoms with Crippen molar-refractivity contribution in [3.8, 4) is 5.69 Å². The maximum absolute atomic E-state index is 13.1. The second-order valence-corrected chi connectivity index (χ2v) is 5.74. The van der Waals surface area contributed by atoms with Gasteiger partial charge in [0, 0.05) is 29.3 Å². The maximum Gasteiger partial charge on any atom is 0.271 e. The molecule has 0 aliphatic heterocycles. The smallest absolute Gasteiger partial charge is 0.271 e. The van der Waals surface area contributed by atoms with E-state index in [1.807, 2.05) is 41.2 Å². The van der Waals surface area contributed by atoms with Crippen LogP contribution < -0.4 is 10.7 Å². The maximum atomic E-state index is 13.1. The second kappa shape index (κ2) is 8.09. The van der Waals surface area contributed by atoms with Gasteiger partial charge in [0.25, 0.3) is 11.8 Å². The van der Waals surface area contributed by atoms with Gasteiger partial charge in [0.1, 0.15) is 11.5 Å². The van der Waals surface area contributed by atoms with Crippen LogP contribution in [0.25, 0.3) is 5.69 Å². The number of benzene rings is 2. The van der Waals surface area contributed by atoms with Crippen molar-refractivity contribution in [3.63, 3.8) is 0 Å². The molecule has 0 saturated carbocycles. The van der Waals surface area contributed by atoms with Gasteiger partial charge in [0.15, 0.2) is 0 Å². The van der Waals surface area contributed by atoms with E-state index in [0.29, 0.717) is 11.3 Å². The molecule has 2 aromatic carbocycles. The van der Waals surface area contributed by atoms with Crippen LogP contribution in [0.15, 0.2) is 78.2 Å². The fourth-order valence-electron chi connectivity index (χ4n) is 2.33. The van der Waals surface area contributed by atoms with Crippen molar-refractivity contribution in [3.05, 3.63) is 84.4 Å². The van der Waals surface area contributed by atoms with Crippen LogP contribution in [0.5, 0.6) is 0 Å². The number of carbonyl (C=O) groups is 2. The zero-order chi connectivity index (χ0) is 19.2. The number of aromatic nitrogens is 1. The molecule has 7 heteroatoms. The molecule has 0 saturated heterocycles. The molecule has 1 heterocycles. The van der Waals surface area contributed by atoms with Gasteiger partial charge in [-0.15, -0.1) is 0 Å². The molecule has 0 spiro atoms. The highest BCUT2D eigenvalue weighted by Gasteiger charge is 2.09. The molecule has 3 aromatic rings. The summed E-state index contributed by atoms with van der Waals surface area (Å²) in [6.45, 7) is 1.45. The fraction of sp³-hybridized carbons (Fsp3) is 0.0500. The number of anilines is 1. The Bertz CT molecular complexity index is 979. The van der Waals surface area contributed by atoms with Crippen LogP contribution in [-0.2, 0) is 4.79 Å². The van der Waals surface area contributed by atoms with Crippen LogP contribution in [0.4, 0.5) is 10.1 Å². The van der Waals surface area contributed by atoms with Gasteiger partial charge in [-0.1, -0.05) is 6.07 Å². The molecule has 3 rings (SSSR count). The van der Waals surface area contributed by atoms with Gasteiger partial charge < -0.3 is 9.88 Å². The molecule has 136 valence electrons. The lowest BCUT2D eigenvalue weighted by Gasteiger charge is -2.06. The predicted molar refractivity (Wildman–Crippen MR) is 101 cm³/mol. The number of hydrazone groups is 1. The molecule has 0 fully saturated rings. The van der Waals surface area contributed by atoms with Crippen molar-refractivity contribution in [2.45, 2.75) is 6.92 Å². The Balaban J connectivity index is 1.60. The third kappa shape index (κ3) is 4.66. The first-order valence-electron chi connectivity index (χ1n) is 8.18. The lowest BCUT2D eigenvalue weighted by Crippen LogP contribution is -2.25. The molecule has 0 atom stereocenters. The zero-order valence-electron chi connectivity index (χ0n) is 14.5. The Labute approximate surface area is 155 Å². The molecule has 1 aromatic heterocycles. The van der Waals surface area contributed by atoms with E-state index in [1.54, 1.807) is 18.2 Å². The van der Waals surface area contributed by atoms with Gasteiger partial charge in [-0.2, -0.15) is 5.10 Å². The minimum atomic E-state index is -0.538. The number of amides is 2. The molecule has 0 unspecified atom stereocenters. The predicted octanol–water partition coefficient (Wildman–Crippen LogP) is 3.36. The first-order chi connectivity index (χ1) is 13.0. The third-order valence-electron chi connectivity index (χ3n) is 3.77. The average Bonchev–Trinajstić information content (AvgIpc) is 3.20. The molecule has 27 heavy (non-hydrogen) atoms. The van der Waals surface area contributed by atoms with Crippen LogP contribution in [0.3, 0.4) is 0 Å². The SMILES string of the molecule is C/C(=N\NC(=O)c1ccc(-n2cccc2)cc1)C(=O)Nc1cccc(F)c1. The van der Waals surface area contributed by atoms with Crippen molar-refractivity contribution in [1.82, 2.24) is 9.99 Å². The van der Waals surface area contributed by atoms with E-state index >= 15 is 0 Å². The lowest BCUT2D eigenvalue weighted by atomic mass is 10.2. The van der Waals surface area contributed by atoms with Crippen molar-refractivity contribution in [1.29, 1.82) is 0 Å². The second-order valence-electron chi connectivity index (χ2n) is 5.74. The number of hydrogen-bond donors (Lipinski definition) is 2. The van der Waals surface area contributed by atoms with Gasteiger partial charge in [0.2, 0.25) is 0 Å². The van der Waals surface area contributed by atoms with E-state index in [1.165, 1.54) is 25.1 Å². The van der Waals surface area contributed by atoms with Crippen molar-refractivity contribution in [2.75, 3.05) is 5.32 Å². The number of carbonyl (C=O) groups excluding carboxylic acids is 2. The Morgan fingerprint density at radius 1 is 1.00 bits per heavy atom. The standard InChI is InChI=1S/C20H17FN4O2/c1-14(19(26)22-17-6-4-5-16(21)13-17)23-24-20(27)15-7-9-18(10-8-15)25-11-2-3-12-25/h2-13H,1H3,(H,22,26)(H,24,27)/b23-14+. The molecule has 0 radical (unpaired) electrons. The fourth-order valence-corrected chi connectivity index (χ4v) is 2.33. The van der Waals surface area contributed by atoms with Gasteiger partial charge in [-0.3, -0.25) is 9.59 Å². The van der Waals surface area contributed by atoms with E-state index in [-0.39, 0.29) is 5.71 Å². The van der Waals surface area contributed by atoms with Crippen LogP contribution >= 0.6 is 0 Å². The highest BCUT2D eigenvalue weighted by molar-refractivity contribution is 6.42. The summed E-state index contributed by atoms with van der Waals surface area (Å²) < 4.78 is 15.1. The Morgan fingerprint density at radius 2 is 1.70 bits per heavy atom. The third-order valence-corrected chi connectivity index (χ3v) is 3.77. The summed E-state index contributed by atoms with van der Waals surface area (Å²) in [4.78, 5) is 24.2. The highest BCUT2D eigenvalue weighted by Crippen LogP contribution is 2.10. The Morgan fingerprint density at radius 3 is 2.37 bits per heavy atom. The Hall–Kier alpha value is -3.74. The number of nitrogens with zero attached hydrogens (tertiary/aromatic N) is 2. The van der Waals surface area contributed by atoms with Gasteiger partial charge in [-0.05, 0) is 61.5 Å². The van der Waals surface area contributed by atoms with Crippen molar-refractivity contribution in [2.24, 2.45) is 5.10 Å². The highest BCUT2D eigenvalue weighted by atomic mass is 19.1. The summed E-state index contributed by atoms with van der Waals surface area (Å²) in [6, 6.07) is 16.3. The monoisotopic (exact) mass is 364 g/mol. The van der Waals surface area contributed by atoms with Crippen molar-refractivity contribution < 1.29 is 14.0 Å². The number of halogens is 1. The molecule has 0 aliphatic carbocycles. The van der Waals surface area contributed by atoms with Gasteiger partial charge in [-0.25, -0.2) is 9.82 Å². The number of rotatable bonds is 5. The zero-order valence-corrected chi connectivity index (χ0v) is 14.5. The van der Waals surface area contributed by atoms with E-state index in [2.05, 4.69) is 15.8 Å². The minimum absolute atomic E-state index is 0.0385. The summed E-state index contributed by atoms with van der Waals surface area (Å²) in [7, 11) is 0. The number of hydrogen-bond acceptors (Lipinski definition) is 3. The van der Waals surface area contributed by atoms with Gasteiger partial charge >= 0.3 is 0 Å². The molecular formula is C20H17FN4O2. The minimum Gasteiger partial charge on any atom is -0.324 e. The summed E-state index contributed by atoms with van der Waals surface area (Å²) >= 11 is 0. The number of nitrogens with one attached hydrogen (secondary N) is 2. The molecule has 0 bridgehead atoms. The molecule has 6 nitrogen and oxygen atoms in total. The summed E-state index contributed by atoms with van der Waals surface area (Å²) in [5.41, 5.74) is 4.02. The molecule has 2 N–H and O–H groups in total. The van der Waals surface area contributed by atoms with E-state index in [0.717, 1.165) is 5.69 Å². The van der Waals surface area contributed by atoms with Crippen LogP contribution in [0.1, 0.15) is 17.3 Å². The van der Waals surface area contributed by atoms with E-state index < -0.39 is 17.6 Å².